The molecule has 1 heterocycles. The zero-order valence-corrected chi connectivity index (χ0v) is 7.62. The third-order valence-electron chi connectivity index (χ3n) is 1.87. The molecule has 12 heavy (non-hydrogen) atoms. The van der Waals surface area contributed by atoms with E-state index >= 15 is 0 Å². The van der Waals surface area contributed by atoms with E-state index < -0.39 is 0 Å². The molecule has 0 aromatic carbocycles. The summed E-state index contributed by atoms with van der Waals surface area (Å²) in [6.07, 6.45) is 4.27. The molecule has 0 aliphatic carbocycles. The van der Waals surface area contributed by atoms with Gasteiger partial charge in [0, 0.05) is 32.8 Å². The lowest BCUT2D eigenvalue weighted by atomic mass is 10.0. The van der Waals surface area contributed by atoms with Crippen molar-refractivity contribution in [2.45, 2.75) is 6.42 Å². The van der Waals surface area contributed by atoms with Gasteiger partial charge in [0.2, 0.25) is 0 Å². The Bertz CT molecular complexity index is 181. The summed E-state index contributed by atoms with van der Waals surface area (Å²) in [7, 11) is 3.80. The quantitative estimate of drug-likeness (QED) is 0.581. The molecule has 1 aliphatic heterocycles. The molecular weight excluding hydrogens is 154 g/mol. The van der Waals surface area contributed by atoms with Crippen LogP contribution < -0.4 is 0 Å². The van der Waals surface area contributed by atoms with Crippen LogP contribution in [0.3, 0.4) is 0 Å². The first-order valence-corrected chi connectivity index (χ1v) is 4.16. The van der Waals surface area contributed by atoms with Gasteiger partial charge < -0.3 is 9.64 Å². The molecular formula is C9H15NO2. The lowest BCUT2D eigenvalue weighted by Gasteiger charge is -2.04. The molecule has 0 saturated carbocycles. The van der Waals surface area contributed by atoms with Crippen molar-refractivity contribution in [3.63, 3.8) is 0 Å². The molecule has 3 nitrogen and oxygen atoms in total. The Morgan fingerprint density at radius 2 is 2.33 bits per heavy atom. The minimum Gasteiger partial charge on any atom is -0.383 e. The van der Waals surface area contributed by atoms with E-state index in [1.54, 1.807) is 12.3 Å². The third-order valence-corrected chi connectivity index (χ3v) is 1.87. The summed E-state index contributed by atoms with van der Waals surface area (Å²) in [6, 6.07) is 0. The Labute approximate surface area is 73.0 Å². The highest BCUT2D eigenvalue weighted by atomic mass is 16.5. The molecule has 0 radical (unpaired) electrons. The summed E-state index contributed by atoms with van der Waals surface area (Å²) in [5.74, 6) is 0.280. The first kappa shape index (κ1) is 9.26. The number of rotatable bonds is 3. The van der Waals surface area contributed by atoms with Crippen molar-refractivity contribution < 1.29 is 9.53 Å². The van der Waals surface area contributed by atoms with Crippen molar-refractivity contribution in [1.29, 1.82) is 0 Å². The van der Waals surface area contributed by atoms with Gasteiger partial charge in [-0.2, -0.15) is 0 Å². The van der Waals surface area contributed by atoms with Crippen LogP contribution in [0.1, 0.15) is 6.42 Å². The number of nitrogens with zero attached hydrogens (tertiary/aromatic N) is 1. The Morgan fingerprint density at radius 1 is 1.58 bits per heavy atom. The van der Waals surface area contributed by atoms with Gasteiger partial charge in [0.1, 0.15) is 0 Å². The van der Waals surface area contributed by atoms with Gasteiger partial charge in [-0.05, 0) is 12.5 Å². The molecule has 1 unspecified atom stereocenters. The van der Waals surface area contributed by atoms with E-state index in [4.69, 9.17) is 4.74 Å². The molecule has 1 rings (SSSR count). The first-order valence-electron chi connectivity index (χ1n) is 4.16. The van der Waals surface area contributed by atoms with Crippen LogP contribution >= 0.6 is 0 Å². The zero-order valence-electron chi connectivity index (χ0n) is 7.62. The molecule has 0 N–H and O–H groups in total. The van der Waals surface area contributed by atoms with Crippen molar-refractivity contribution in [2.75, 3.05) is 27.3 Å². The summed E-state index contributed by atoms with van der Waals surface area (Å²) in [5.41, 5.74) is 0. The summed E-state index contributed by atoms with van der Waals surface area (Å²) in [6.45, 7) is 1.32. The van der Waals surface area contributed by atoms with Gasteiger partial charge in [-0.3, -0.25) is 4.79 Å². The van der Waals surface area contributed by atoms with Gasteiger partial charge in [0.05, 0.1) is 6.61 Å². The average Bonchev–Trinajstić information content (AvgIpc) is 2.51. The predicted molar refractivity (Wildman–Crippen MR) is 46.8 cm³/mol. The lowest BCUT2D eigenvalue weighted by Crippen LogP contribution is -2.12. The third kappa shape index (κ3) is 2.66. The highest BCUT2D eigenvalue weighted by molar-refractivity contribution is 5.91. The van der Waals surface area contributed by atoms with E-state index in [-0.39, 0.29) is 11.7 Å². The number of carbonyl (C=O) groups excluding carboxylic acids is 1. The fourth-order valence-corrected chi connectivity index (χ4v) is 1.12. The van der Waals surface area contributed by atoms with Gasteiger partial charge in [-0.15, -0.1) is 0 Å². The predicted octanol–water partition coefficient (Wildman–Crippen LogP) is 0.667. The van der Waals surface area contributed by atoms with Crippen LogP contribution in [0.25, 0.3) is 0 Å². The number of ketones is 1. The minimum absolute atomic E-state index is 0.0983. The summed E-state index contributed by atoms with van der Waals surface area (Å²) in [4.78, 5) is 13.2. The molecule has 1 saturated heterocycles. The van der Waals surface area contributed by atoms with Crippen molar-refractivity contribution in [2.24, 2.45) is 5.92 Å². The smallest absolute Gasteiger partial charge is 0.162 e. The highest BCUT2D eigenvalue weighted by Crippen LogP contribution is 2.13. The molecule has 68 valence electrons. The second-order valence-corrected chi connectivity index (χ2v) is 3.24. The number of allylic oxidation sites excluding steroid dienone is 1. The lowest BCUT2D eigenvalue weighted by molar-refractivity contribution is -0.118. The monoisotopic (exact) mass is 169 g/mol. The molecule has 1 atom stereocenters. The van der Waals surface area contributed by atoms with E-state index in [1.807, 2.05) is 19.0 Å². The normalized spacial score (nSPS) is 23.3. The second-order valence-electron chi connectivity index (χ2n) is 3.24. The Morgan fingerprint density at radius 3 is 2.83 bits per heavy atom. The van der Waals surface area contributed by atoms with E-state index in [1.165, 1.54) is 0 Å². The molecule has 0 aromatic heterocycles. The van der Waals surface area contributed by atoms with Crippen molar-refractivity contribution in [1.82, 2.24) is 4.90 Å². The fourth-order valence-electron chi connectivity index (χ4n) is 1.12. The van der Waals surface area contributed by atoms with Crippen molar-refractivity contribution in [3.05, 3.63) is 12.3 Å². The van der Waals surface area contributed by atoms with Gasteiger partial charge in [0.15, 0.2) is 5.78 Å². The SMILES string of the molecule is CN(C)/C=C/C(=O)C1CCOC1. The van der Waals surface area contributed by atoms with E-state index in [2.05, 4.69) is 0 Å². The Kier molecular flexibility index (Phi) is 3.29. The maximum Gasteiger partial charge on any atom is 0.162 e. The van der Waals surface area contributed by atoms with Gasteiger partial charge in [-0.25, -0.2) is 0 Å². The summed E-state index contributed by atoms with van der Waals surface area (Å²) >= 11 is 0. The van der Waals surface area contributed by atoms with Crippen LogP contribution in [0.5, 0.6) is 0 Å². The van der Waals surface area contributed by atoms with Crippen LogP contribution in [-0.2, 0) is 9.53 Å². The fraction of sp³-hybridized carbons (Fsp3) is 0.667. The zero-order chi connectivity index (χ0) is 8.97. The van der Waals surface area contributed by atoms with Crippen LogP contribution in [-0.4, -0.2) is 38.0 Å². The molecule has 0 spiro atoms. The first-order chi connectivity index (χ1) is 5.70. The van der Waals surface area contributed by atoms with Gasteiger partial charge in [0.25, 0.3) is 0 Å². The summed E-state index contributed by atoms with van der Waals surface area (Å²) in [5, 5.41) is 0. The van der Waals surface area contributed by atoms with E-state index in [9.17, 15) is 4.79 Å². The van der Waals surface area contributed by atoms with Crippen LogP contribution in [0.2, 0.25) is 0 Å². The van der Waals surface area contributed by atoms with Crippen LogP contribution in [0, 0.1) is 5.92 Å². The molecule has 0 aromatic rings. The number of ether oxygens (including phenoxy) is 1. The maximum absolute atomic E-state index is 11.4. The largest absolute Gasteiger partial charge is 0.383 e. The molecule has 1 fully saturated rings. The van der Waals surface area contributed by atoms with E-state index in [0.717, 1.165) is 13.0 Å². The highest BCUT2D eigenvalue weighted by Gasteiger charge is 2.20. The number of hydrogen-bond donors (Lipinski definition) is 0. The molecule has 1 aliphatic rings. The minimum atomic E-state index is 0.0983. The Hall–Kier alpha value is -0.830. The topological polar surface area (TPSA) is 29.5 Å². The molecule has 0 bridgehead atoms. The maximum atomic E-state index is 11.4. The number of hydrogen-bond acceptors (Lipinski definition) is 3. The standard InChI is InChI=1S/C9H15NO2/c1-10(2)5-3-9(11)8-4-6-12-7-8/h3,5,8H,4,6-7H2,1-2H3/b5-3+. The van der Waals surface area contributed by atoms with Gasteiger partial charge >= 0.3 is 0 Å². The summed E-state index contributed by atoms with van der Waals surface area (Å²) < 4.78 is 5.12. The van der Waals surface area contributed by atoms with Gasteiger partial charge in [-0.1, -0.05) is 0 Å². The molecule has 0 amide bonds. The van der Waals surface area contributed by atoms with Crippen molar-refractivity contribution >= 4 is 5.78 Å². The van der Waals surface area contributed by atoms with Crippen molar-refractivity contribution in [3.8, 4) is 0 Å². The molecule has 3 heteroatoms. The average molecular weight is 169 g/mol. The van der Waals surface area contributed by atoms with Crippen LogP contribution in [0.15, 0.2) is 12.3 Å². The number of carbonyl (C=O) groups is 1. The van der Waals surface area contributed by atoms with E-state index in [0.29, 0.717) is 6.61 Å². The second kappa shape index (κ2) is 4.26. The Balaban J connectivity index is 2.36. The van der Waals surface area contributed by atoms with Crippen LogP contribution in [0.4, 0.5) is 0 Å².